The van der Waals surface area contributed by atoms with Gasteiger partial charge in [0.25, 0.3) is 0 Å². The summed E-state index contributed by atoms with van der Waals surface area (Å²) in [5.74, 6) is 0.852. The number of nitrogens with one attached hydrogen (secondary N) is 1. The second-order valence-corrected chi connectivity index (χ2v) is 4.69. The highest BCUT2D eigenvalue weighted by Gasteiger charge is 2.14. The summed E-state index contributed by atoms with van der Waals surface area (Å²) in [7, 11) is 0. The first kappa shape index (κ1) is 12.6. The predicted octanol–water partition coefficient (Wildman–Crippen LogP) is 3.24. The van der Waals surface area contributed by atoms with E-state index in [0.29, 0.717) is 0 Å². The van der Waals surface area contributed by atoms with E-state index in [9.17, 15) is 0 Å². The van der Waals surface area contributed by atoms with E-state index in [0.717, 1.165) is 29.7 Å². The molecular weight excluding hydrogens is 250 g/mol. The van der Waals surface area contributed by atoms with Crippen LogP contribution in [-0.4, -0.2) is 20.0 Å². The number of hydrogen-bond acceptors (Lipinski definition) is 4. The van der Waals surface area contributed by atoms with Crippen molar-refractivity contribution in [3.05, 3.63) is 48.7 Å². The Morgan fingerprint density at radius 3 is 2.80 bits per heavy atom. The Hall–Kier alpha value is -2.43. The molecule has 0 radical (unpaired) electrons. The Morgan fingerprint density at radius 1 is 1.15 bits per heavy atom. The second-order valence-electron chi connectivity index (χ2n) is 4.69. The number of hydrogen-bond donors (Lipinski definition) is 1. The fourth-order valence-electron chi connectivity index (χ4n) is 2.27. The van der Waals surface area contributed by atoms with Crippen LogP contribution in [0.4, 0.5) is 5.82 Å². The molecule has 0 bridgehead atoms. The first-order valence-corrected chi connectivity index (χ1v) is 6.86. The van der Waals surface area contributed by atoms with Crippen LogP contribution in [0, 0.1) is 0 Å². The van der Waals surface area contributed by atoms with Crippen molar-refractivity contribution in [2.75, 3.05) is 5.32 Å². The topological polar surface area (TPSA) is 55.6 Å². The van der Waals surface area contributed by atoms with Gasteiger partial charge in [-0.05, 0) is 30.7 Å². The lowest BCUT2D eigenvalue weighted by atomic mass is 10.2. The molecule has 0 aliphatic rings. The van der Waals surface area contributed by atoms with Crippen LogP contribution in [0.5, 0.6) is 0 Å². The number of rotatable bonds is 5. The van der Waals surface area contributed by atoms with Gasteiger partial charge in [0.05, 0.1) is 5.52 Å². The van der Waals surface area contributed by atoms with Crippen LogP contribution in [0.3, 0.4) is 0 Å². The first-order valence-electron chi connectivity index (χ1n) is 6.86. The van der Waals surface area contributed by atoms with Crippen molar-refractivity contribution in [3.8, 4) is 0 Å². The van der Waals surface area contributed by atoms with Gasteiger partial charge in [0.2, 0.25) is 0 Å². The Kier molecular flexibility index (Phi) is 3.58. The minimum Gasteiger partial charge on any atom is -0.348 e. The number of para-hydroxylation sites is 1. The van der Waals surface area contributed by atoms with Gasteiger partial charge < -0.3 is 5.32 Å². The van der Waals surface area contributed by atoms with E-state index >= 15 is 0 Å². The lowest BCUT2D eigenvalue weighted by Gasteiger charge is -2.19. The van der Waals surface area contributed by atoms with E-state index in [1.54, 1.807) is 6.20 Å². The molecule has 3 aromatic rings. The van der Waals surface area contributed by atoms with Crippen LogP contribution in [0.15, 0.2) is 48.7 Å². The molecule has 102 valence electrons. The maximum atomic E-state index is 4.32. The molecule has 3 rings (SSSR count). The van der Waals surface area contributed by atoms with Crippen LogP contribution in [0.1, 0.15) is 25.9 Å². The van der Waals surface area contributed by atoms with Crippen molar-refractivity contribution < 1.29 is 0 Å². The van der Waals surface area contributed by atoms with Crippen molar-refractivity contribution in [1.82, 2.24) is 20.0 Å². The van der Waals surface area contributed by atoms with Gasteiger partial charge in [-0.2, -0.15) is 0 Å². The largest absolute Gasteiger partial charge is 0.348 e. The molecular formula is C15H17N5. The molecule has 1 N–H and O–H groups in total. The van der Waals surface area contributed by atoms with Crippen LogP contribution in [0.2, 0.25) is 0 Å². The third kappa shape index (κ3) is 2.47. The maximum absolute atomic E-state index is 4.32. The SMILES string of the molecule is CCCC(Nc1ccccn1)n1nnc2ccccc21. The van der Waals surface area contributed by atoms with Crippen molar-refractivity contribution in [2.24, 2.45) is 0 Å². The molecule has 0 aliphatic carbocycles. The number of fused-ring (bicyclic) bond motifs is 1. The minimum atomic E-state index is 0.0577. The van der Waals surface area contributed by atoms with Gasteiger partial charge in [0.15, 0.2) is 0 Å². The molecule has 0 spiro atoms. The average molecular weight is 267 g/mol. The summed E-state index contributed by atoms with van der Waals surface area (Å²) in [6, 6.07) is 13.8. The average Bonchev–Trinajstić information content (AvgIpc) is 2.92. The van der Waals surface area contributed by atoms with Gasteiger partial charge in [0.1, 0.15) is 17.5 Å². The third-order valence-electron chi connectivity index (χ3n) is 3.21. The molecule has 0 amide bonds. The number of aromatic nitrogens is 4. The molecule has 0 saturated heterocycles. The molecule has 1 unspecified atom stereocenters. The van der Waals surface area contributed by atoms with Gasteiger partial charge in [-0.3, -0.25) is 0 Å². The molecule has 5 nitrogen and oxygen atoms in total. The molecule has 2 aromatic heterocycles. The Balaban J connectivity index is 1.94. The zero-order valence-electron chi connectivity index (χ0n) is 11.4. The maximum Gasteiger partial charge on any atom is 0.127 e. The number of anilines is 1. The molecule has 2 heterocycles. The van der Waals surface area contributed by atoms with E-state index in [1.165, 1.54) is 0 Å². The van der Waals surface area contributed by atoms with Gasteiger partial charge in [0, 0.05) is 6.20 Å². The summed E-state index contributed by atoms with van der Waals surface area (Å²) in [6.45, 7) is 2.16. The summed E-state index contributed by atoms with van der Waals surface area (Å²) in [4.78, 5) is 4.32. The van der Waals surface area contributed by atoms with E-state index in [2.05, 4.69) is 27.5 Å². The van der Waals surface area contributed by atoms with E-state index in [1.807, 2.05) is 47.1 Å². The van der Waals surface area contributed by atoms with Gasteiger partial charge in [-0.1, -0.05) is 36.8 Å². The number of pyridine rings is 1. The zero-order chi connectivity index (χ0) is 13.8. The highest BCUT2D eigenvalue weighted by molar-refractivity contribution is 5.74. The summed E-state index contributed by atoms with van der Waals surface area (Å²) in [5.41, 5.74) is 1.95. The van der Waals surface area contributed by atoms with Gasteiger partial charge in [-0.25, -0.2) is 9.67 Å². The Bertz CT molecular complexity index is 677. The first-order chi connectivity index (χ1) is 9.88. The summed E-state index contributed by atoms with van der Waals surface area (Å²) in [5, 5.41) is 11.9. The van der Waals surface area contributed by atoms with E-state index < -0.39 is 0 Å². The fraction of sp³-hybridized carbons (Fsp3) is 0.267. The van der Waals surface area contributed by atoms with E-state index in [-0.39, 0.29) is 6.17 Å². The molecule has 0 fully saturated rings. The molecule has 1 aromatic carbocycles. The molecule has 5 heteroatoms. The number of benzene rings is 1. The van der Waals surface area contributed by atoms with Crippen molar-refractivity contribution in [1.29, 1.82) is 0 Å². The lowest BCUT2D eigenvalue weighted by molar-refractivity contribution is 0.466. The smallest absolute Gasteiger partial charge is 0.127 e. The quantitative estimate of drug-likeness (QED) is 0.771. The van der Waals surface area contributed by atoms with Gasteiger partial charge in [-0.15, -0.1) is 5.10 Å². The van der Waals surface area contributed by atoms with Crippen LogP contribution in [-0.2, 0) is 0 Å². The summed E-state index contributed by atoms with van der Waals surface area (Å²) >= 11 is 0. The third-order valence-corrected chi connectivity index (χ3v) is 3.21. The molecule has 0 aliphatic heterocycles. The van der Waals surface area contributed by atoms with E-state index in [4.69, 9.17) is 0 Å². The Labute approximate surface area is 117 Å². The Morgan fingerprint density at radius 2 is 2.00 bits per heavy atom. The molecule has 20 heavy (non-hydrogen) atoms. The van der Waals surface area contributed by atoms with Crippen molar-refractivity contribution >= 4 is 16.9 Å². The van der Waals surface area contributed by atoms with Crippen molar-refractivity contribution in [3.63, 3.8) is 0 Å². The molecule has 1 atom stereocenters. The summed E-state index contributed by atoms with van der Waals surface area (Å²) in [6.07, 6.45) is 3.86. The van der Waals surface area contributed by atoms with Crippen LogP contribution in [0.25, 0.3) is 11.0 Å². The lowest BCUT2D eigenvalue weighted by Crippen LogP contribution is -2.20. The fourth-order valence-corrected chi connectivity index (χ4v) is 2.27. The van der Waals surface area contributed by atoms with Crippen LogP contribution >= 0.6 is 0 Å². The predicted molar refractivity (Wildman–Crippen MR) is 79.3 cm³/mol. The summed E-state index contributed by atoms with van der Waals surface area (Å²) < 4.78 is 1.94. The minimum absolute atomic E-state index is 0.0577. The normalized spacial score (nSPS) is 12.4. The van der Waals surface area contributed by atoms with Gasteiger partial charge >= 0.3 is 0 Å². The second kappa shape index (κ2) is 5.69. The van der Waals surface area contributed by atoms with Crippen LogP contribution < -0.4 is 5.32 Å². The molecule has 0 saturated carbocycles. The highest BCUT2D eigenvalue weighted by atomic mass is 15.5. The standard InChI is InChI=1S/C15H17N5/c1-2-7-15(17-14-10-5-6-11-16-14)20-13-9-4-3-8-12(13)18-19-20/h3-6,8-11,15H,2,7H2,1H3,(H,16,17). The van der Waals surface area contributed by atoms with Crippen molar-refractivity contribution in [2.45, 2.75) is 25.9 Å². The number of nitrogens with zero attached hydrogens (tertiary/aromatic N) is 4. The highest BCUT2D eigenvalue weighted by Crippen LogP contribution is 2.20. The monoisotopic (exact) mass is 267 g/mol. The zero-order valence-corrected chi connectivity index (χ0v) is 11.4.